The van der Waals surface area contributed by atoms with Gasteiger partial charge in [0.2, 0.25) is 0 Å². The Morgan fingerprint density at radius 2 is 2.06 bits per heavy atom. The first-order valence-electron chi connectivity index (χ1n) is 5.09. The quantitative estimate of drug-likeness (QED) is 0.706. The van der Waals surface area contributed by atoms with Crippen LogP contribution in [0.4, 0.5) is 4.39 Å². The first kappa shape index (κ1) is 10.6. The molecule has 0 amide bonds. The van der Waals surface area contributed by atoms with Crippen molar-refractivity contribution in [1.82, 2.24) is 0 Å². The molecule has 2 rings (SSSR count). The molecule has 80 valence electrons. The van der Waals surface area contributed by atoms with Crippen LogP contribution in [0.3, 0.4) is 0 Å². The second kappa shape index (κ2) is 4.28. The molecule has 2 nitrogen and oxygen atoms in total. The Kier molecular flexibility index (Phi) is 2.82. The van der Waals surface area contributed by atoms with Gasteiger partial charge in [-0.1, -0.05) is 12.1 Å². The minimum absolute atomic E-state index is 0.0211. The molecule has 1 heterocycles. The van der Waals surface area contributed by atoms with Gasteiger partial charge < -0.3 is 0 Å². The number of halogens is 1. The number of nitrogens with zero attached hydrogens (tertiary/aromatic N) is 2. The van der Waals surface area contributed by atoms with Gasteiger partial charge in [0, 0.05) is 0 Å². The van der Waals surface area contributed by atoms with Crippen molar-refractivity contribution in [3.05, 3.63) is 46.8 Å². The van der Waals surface area contributed by atoms with Crippen LogP contribution in [-0.4, -0.2) is 6.21 Å². The van der Waals surface area contributed by atoms with Crippen LogP contribution in [0.25, 0.3) is 0 Å². The Morgan fingerprint density at radius 3 is 2.62 bits per heavy atom. The summed E-state index contributed by atoms with van der Waals surface area (Å²) in [7, 11) is 0. The molecule has 1 aliphatic heterocycles. The first-order valence-corrected chi connectivity index (χ1v) is 5.09. The second-order valence-electron chi connectivity index (χ2n) is 3.86. The number of allylic oxidation sites excluding steroid dienone is 1. The normalized spacial score (nSPS) is 19.7. The van der Waals surface area contributed by atoms with Crippen LogP contribution in [0.2, 0.25) is 0 Å². The van der Waals surface area contributed by atoms with Gasteiger partial charge in [-0.05, 0) is 36.6 Å². The molecule has 0 aromatic heterocycles. The van der Waals surface area contributed by atoms with E-state index in [4.69, 9.17) is 5.26 Å². The molecule has 0 N–H and O–H groups in total. The van der Waals surface area contributed by atoms with Crippen LogP contribution in [0, 0.1) is 11.3 Å². The lowest BCUT2D eigenvalue weighted by Crippen LogP contribution is -2.03. The van der Waals surface area contributed by atoms with Crippen molar-refractivity contribution >= 4 is 6.21 Å². The number of hydrogen-bond donors (Lipinski definition) is 0. The van der Waals surface area contributed by atoms with E-state index in [1.807, 2.05) is 12.1 Å². The van der Waals surface area contributed by atoms with Crippen LogP contribution in [0.5, 0.6) is 0 Å². The maximum Gasteiger partial charge on any atom is 0.140 e. The van der Waals surface area contributed by atoms with Crippen molar-refractivity contribution in [3.63, 3.8) is 0 Å². The standard InChI is InChI=1S/C13H11FN2/c1-9-6-13(16-8-12(9)14)11-4-2-10(7-15)3-5-11/h2-5,8,13H,6H2,1H3. The highest BCUT2D eigenvalue weighted by molar-refractivity contribution is 5.78. The van der Waals surface area contributed by atoms with Gasteiger partial charge >= 0.3 is 0 Å². The van der Waals surface area contributed by atoms with E-state index < -0.39 is 0 Å². The maximum atomic E-state index is 13.1. The predicted molar refractivity (Wildman–Crippen MR) is 60.8 cm³/mol. The molecule has 0 fully saturated rings. The van der Waals surface area contributed by atoms with Crippen LogP contribution in [0.1, 0.15) is 30.5 Å². The van der Waals surface area contributed by atoms with Crippen LogP contribution < -0.4 is 0 Å². The summed E-state index contributed by atoms with van der Waals surface area (Å²) in [5, 5.41) is 8.68. The van der Waals surface area contributed by atoms with Gasteiger partial charge in [-0.2, -0.15) is 5.26 Å². The topological polar surface area (TPSA) is 36.1 Å². The number of hydrogen-bond acceptors (Lipinski definition) is 2. The van der Waals surface area contributed by atoms with Gasteiger partial charge in [-0.25, -0.2) is 4.39 Å². The Bertz CT molecular complexity index is 492. The Hall–Kier alpha value is -1.95. The molecule has 1 aliphatic rings. The van der Waals surface area contributed by atoms with Crippen molar-refractivity contribution in [3.8, 4) is 6.07 Å². The SMILES string of the molecule is CC1=C(F)C=NC(c2ccc(C#N)cc2)C1. The van der Waals surface area contributed by atoms with Crippen molar-refractivity contribution in [1.29, 1.82) is 5.26 Å². The first-order chi connectivity index (χ1) is 7.70. The summed E-state index contributed by atoms with van der Waals surface area (Å²) >= 11 is 0. The van der Waals surface area contributed by atoms with E-state index in [9.17, 15) is 4.39 Å². The number of nitriles is 1. The largest absolute Gasteiger partial charge is 0.282 e. The van der Waals surface area contributed by atoms with Crippen molar-refractivity contribution < 1.29 is 4.39 Å². The van der Waals surface area contributed by atoms with E-state index in [0.717, 1.165) is 11.1 Å². The third-order valence-corrected chi connectivity index (χ3v) is 2.70. The van der Waals surface area contributed by atoms with Gasteiger partial charge in [0.05, 0.1) is 23.9 Å². The zero-order chi connectivity index (χ0) is 11.5. The molecule has 1 atom stereocenters. The van der Waals surface area contributed by atoms with Crippen LogP contribution in [-0.2, 0) is 0 Å². The Morgan fingerprint density at radius 1 is 1.38 bits per heavy atom. The third kappa shape index (κ3) is 2.01. The number of benzene rings is 1. The summed E-state index contributed by atoms with van der Waals surface area (Å²) in [5.74, 6) is -0.232. The molecule has 0 spiro atoms. The average Bonchev–Trinajstić information content (AvgIpc) is 2.33. The molecule has 0 radical (unpaired) electrons. The Labute approximate surface area is 93.7 Å². The van der Waals surface area contributed by atoms with Crippen LogP contribution in [0.15, 0.2) is 40.7 Å². The summed E-state index contributed by atoms with van der Waals surface area (Å²) in [6.07, 6.45) is 1.88. The monoisotopic (exact) mass is 214 g/mol. The van der Waals surface area contributed by atoms with Gasteiger partial charge in [0.15, 0.2) is 0 Å². The second-order valence-corrected chi connectivity index (χ2v) is 3.86. The van der Waals surface area contributed by atoms with E-state index in [0.29, 0.717) is 12.0 Å². The van der Waals surface area contributed by atoms with E-state index in [-0.39, 0.29) is 11.9 Å². The van der Waals surface area contributed by atoms with Gasteiger partial charge in [0.25, 0.3) is 0 Å². The molecular formula is C13H11FN2. The fourth-order valence-electron chi connectivity index (χ4n) is 1.69. The fraction of sp³-hybridized carbons (Fsp3) is 0.231. The van der Waals surface area contributed by atoms with Gasteiger partial charge in [-0.15, -0.1) is 0 Å². The summed E-state index contributed by atoms with van der Waals surface area (Å²) in [5.41, 5.74) is 2.37. The van der Waals surface area contributed by atoms with Gasteiger partial charge in [0.1, 0.15) is 5.83 Å². The van der Waals surface area contributed by atoms with Crippen molar-refractivity contribution in [2.75, 3.05) is 0 Å². The minimum Gasteiger partial charge on any atom is -0.282 e. The molecule has 3 heteroatoms. The summed E-state index contributed by atoms with van der Waals surface area (Å²) < 4.78 is 13.1. The highest BCUT2D eigenvalue weighted by Gasteiger charge is 2.16. The fourth-order valence-corrected chi connectivity index (χ4v) is 1.69. The third-order valence-electron chi connectivity index (χ3n) is 2.70. The van der Waals surface area contributed by atoms with E-state index in [2.05, 4.69) is 11.1 Å². The zero-order valence-electron chi connectivity index (χ0n) is 8.94. The molecule has 1 unspecified atom stereocenters. The summed E-state index contributed by atoms with van der Waals surface area (Å²) in [6, 6.07) is 9.31. The molecule has 1 aromatic rings. The lowest BCUT2D eigenvalue weighted by molar-refractivity contribution is 0.618. The van der Waals surface area contributed by atoms with Gasteiger partial charge in [-0.3, -0.25) is 4.99 Å². The van der Waals surface area contributed by atoms with E-state index in [1.165, 1.54) is 6.21 Å². The lowest BCUT2D eigenvalue weighted by atomic mass is 9.97. The van der Waals surface area contributed by atoms with Crippen molar-refractivity contribution in [2.45, 2.75) is 19.4 Å². The molecule has 1 aromatic carbocycles. The number of aliphatic imine (C=N–C) groups is 1. The lowest BCUT2D eigenvalue weighted by Gasteiger charge is -2.17. The van der Waals surface area contributed by atoms with Crippen molar-refractivity contribution in [2.24, 2.45) is 4.99 Å². The smallest absolute Gasteiger partial charge is 0.140 e. The Balaban J connectivity index is 2.22. The van der Waals surface area contributed by atoms with Crippen LogP contribution >= 0.6 is 0 Å². The molecule has 0 aliphatic carbocycles. The minimum atomic E-state index is -0.232. The number of dihydropyridines is 1. The highest BCUT2D eigenvalue weighted by Crippen LogP contribution is 2.29. The zero-order valence-corrected chi connectivity index (χ0v) is 8.94. The highest BCUT2D eigenvalue weighted by atomic mass is 19.1. The molecule has 0 saturated heterocycles. The average molecular weight is 214 g/mol. The van der Waals surface area contributed by atoms with E-state index in [1.54, 1.807) is 19.1 Å². The van der Waals surface area contributed by atoms with E-state index >= 15 is 0 Å². The molecular weight excluding hydrogens is 203 g/mol. The summed E-state index contributed by atoms with van der Waals surface area (Å²) in [6.45, 7) is 1.77. The number of rotatable bonds is 1. The molecule has 16 heavy (non-hydrogen) atoms. The molecule has 0 saturated carbocycles. The molecule has 0 bridgehead atoms. The maximum absolute atomic E-state index is 13.1. The predicted octanol–water partition coefficient (Wildman–Crippen LogP) is 3.32. The summed E-state index contributed by atoms with van der Waals surface area (Å²) in [4.78, 5) is 4.15.